The van der Waals surface area contributed by atoms with E-state index in [4.69, 9.17) is 9.15 Å². The number of benzene rings is 2. The smallest absolute Gasteiger partial charge is 0.326 e. The lowest BCUT2D eigenvalue weighted by Gasteiger charge is -2.13. The van der Waals surface area contributed by atoms with E-state index in [-0.39, 0.29) is 12.2 Å². The molecule has 2 N–H and O–H groups in total. The fourth-order valence-corrected chi connectivity index (χ4v) is 2.55. The number of methoxy groups -OCH3 is 1. The Morgan fingerprint density at radius 1 is 1.19 bits per heavy atom. The van der Waals surface area contributed by atoms with Gasteiger partial charge in [-0.2, -0.15) is 0 Å². The molecule has 1 atom stereocenters. The molecule has 0 aliphatic rings. The van der Waals surface area contributed by atoms with Crippen molar-refractivity contribution in [1.29, 1.82) is 0 Å². The standard InChI is InChI=1S/C19H16FNO5/c1-25-14-6-7-16-12(9-14)10-17(26-16)18(22)21-15(19(23)24)8-11-2-4-13(20)5-3-11/h2-7,9-10,15H,8H2,1H3,(H,21,22)(H,23,24). The number of carbonyl (C=O) groups is 2. The number of aliphatic carboxylic acids is 1. The van der Waals surface area contributed by atoms with Gasteiger partial charge in [-0.15, -0.1) is 0 Å². The number of ether oxygens (including phenoxy) is 1. The predicted molar refractivity (Wildman–Crippen MR) is 91.8 cm³/mol. The van der Waals surface area contributed by atoms with Crippen molar-refractivity contribution >= 4 is 22.8 Å². The molecule has 26 heavy (non-hydrogen) atoms. The van der Waals surface area contributed by atoms with Crippen LogP contribution in [0.3, 0.4) is 0 Å². The van der Waals surface area contributed by atoms with Crippen molar-refractivity contribution in [2.45, 2.75) is 12.5 Å². The Balaban J connectivity index is 1.77. The van der Waals surface area contributed by atoms with E-state index in [0.29, 0.717) is 22.3 Å². The first-order valence-corrected chi connectivity index (χ1v) is 7.82. The van der Waals surface area contributed by atoms with Crippen LogP contribution >= 0.6 is 0 Å². The van der Waals surface area contributed by atoms with Crippen LogP contribution in [0.1, 0.15) is 16.1 Å². The van der Waals surface area contributed by atoms with E-state index in [1.165, 1.54) is 37.4 Å². The van der Waals surface area contributed by atoms with Crippen LogP contribution in [0.25, 0.3) is 11.0 Å². The maximum absolute atomic E-state index is 13.0. The van der Waals surface area contributed by atoms with E-state index in [1.54, 1.807) is 18.2 Å². The number of hydrogen-bond donors (Lipinski definition) is 2. The fraction of sp³-hybridized carbons (Fsp3) is 0.158. The number of nitrogens with one attached hydrogen (secondary N) is 1. The molecule has 1 amide bonds. The Kier molecular flexibility index (Phi) is 4.88. The second-order valence-corrected chi connectivity index (χ2v) is 5.71. The van der Waals surface area contributed by atoms with Crippen molar-refractivity contribution in [2.75, 3.05) is 7.11 Å². The molecule has 3 rings (SSSR count). The van der Waals surface area contributed by atoms with Crippen LogP contribution in [0.2, 0.25) is 0 Å². The number of halogens is 1. The van der Waals surface area contributed by atoms with Gasteiger partial charge in [0.25, 0.3) is 5.91 Å². The average Bonchev–Trinajstić information content (AvgIpc) is 3.06. The summed E-state index contributed by atoms with van der Waals surface area (Å²) in [5.74, 6) is -1.64. The Hall–Kier alpha value is -3.35. The van der Waals surface area contributed by atoms with E-state index in [9.17, 15) is 19.1 Å². The van der Waals surface area contributed by atoms with Crippen molar-refractivity contribution in [3.05, 3.63) is 65.7 Å². The second-order valence-electron chi connectivity index (χ2n) is 5.71. The predicted octanol–water partition coefficient (Wildman–Crippen LogP) is 3.01. The van der Waals surface area contributed by atoms with Crippen LogP contribution in [0.15, 0.2) is 52.9 Å². The number of carboxylic acid groups (broad SMARTS) is 1. The Morgan fingerprint density at radius 3 is 2.58 bits per heavy atom. The minimum atomic E-state index is -1.19. The quantitative estimate of drug-likeness (QED) is 0.708. The van der Waals surface area contributed by atoms with Crippen LogP contribution in [0.4, 0.5) is 4.39 Å². The maximum atomic E-state index is 13.0. The molecule has 0 spiro atoms. The molecule has 0 bridgehead atoms. The van der Waals surface area contributed by atoms with Gasteiger partial charge in [0, 0.05) is 11.8 Å². The van der Waals surface area contributed by atoms with E-state index in [0.717, 1.165) is 0 Å². The van der Waals surface area contributed by atoms with Gasteiger partial charge in [0.1, 0.15) is 23.2 Å². The van der Waals surface area contributed by atoms with Gasteiger partial charge in [-0.25, -0.2) is 9.18 Å². The van der Waals surface area contributed by atoms with Crippen LogP contribution in [-0.2, 0) is 11.2 Å². The van der Waals surface area contributed by atoms with Crippen LogP contribution in [0, 0.1) is 5.82 Å². The van der Waals surface area contributed by atoms with Crippen molar-refractivity contribution < 1.29 is 28.2 Å². The number of carboxylic acids is 1. The molecule has 0 saturated carbocycles. The Morgan fingerprint density at radius 2 is 1.92 bits per heavy atom. The van der Waals surface area contributed by atoms with Crippen LogP contribution in [0.5, 0.6) is 5.75 Å². The second kappa shape index (κ2) is 7.26. The molecule has 6 nitrogen and oxygen atoms in total. The molecule has 134 valence electrons. The molecule has 0 fully saturated rings. The highest BCUT2D eigenvalue weighted by molar-refractivity contribution is 5.98. The third-order valence-electron chi connectivity index (χ3n) is 3.90. The lowest BCUT2D eigenvalue weighted by molar-refractivity contribution is -0.139. The highest BCUT2D eigenvalue weighted by Crippen LogP contribution is 2.24. The van der Waals surface area contributed by atoms with Gasteiger partial charge in [-0.3, -0.25) is 4.79 Å². The topological polar surface area (TPSA) is 88.8 Å². The monoisotopic (exact) mass is 357 g/mol. The summed E-state index contributed by atoms with van der Waals surface area (Å²) in [7, 11) is 1.53. The Bertz CT molecular complexity index is 948. The van der Waals surface area contributed by atoms with Gasteiger partial charge < -0.3 is 19.6 Å². The first-order valence-electron chi connectivity index (χ1n) is 7.82. The summed E-state index contributed by atoms with van der Waals surface area (Å²) < 4.78 is 23.5. The summed E-state index contributed by atoms with van der Waals surface area (Å²) in [4.78, 5) is 23.8. The molecule has 2 aromatic carbocycles. The maximum Gasteiger partial charge on any atom is 0.326 e. The van der Waals surface area contributed by atoms with Crippen molar-refractivity contribution in [2.24, 2.45) is 0 Å². The zero-order chi connectivity index (χ0) is 18.7. The number of hydrogen-bond acceptors (Lipinski definition) is 4. The van der Waals surface area contributed by atoms with Crippen molar-refractivity contribution in [1.82, 2.24) is 5.32 Å². The number of carbonyl (C=O) groups excluding carboxylic acids is 1. The fourth-order valence-electron chi connectivity index (χ4n) is 2.55. The Labute approximate surface area is 148 Å². The lowest BCUT2D eigenvalue weighted by Crippen LogP contribution is -2.42. The lowest BCUT2D eigenvalue weighted by atomic mass is 10.1. The minimum Gasteiger partial charge on any atom is -0.497 e. The molecule has 3 aromatic rings. The minimum absolute atomic E-state index is 0.00129. The summed E-state index contributed by atoms with van der Waals surface area (Å²) >= 11 is 0. The average molecular weight is 357 g/mol. The van der Waals surface area contributed by atoms with Gasteiger partial charge in [0.15, 0.2) is 5.76 Å². The largest absolute Gasteiger partial charge is 0.497 e. The SMILES string of the molecule is COc1ccc2oc(C(=O)NC(Cc3ccc(F)cc3)C(=O)O)cc2c1. The van der Waals surface area contributed by atoms with Gasteiger partial charge in [0.05, 0.1) is 7.11 Å². The molecule has 0 aliphatic heterocycles. The van der Waals surface area contributed by atoms with Crippen LogP contribution in [-0.4, -0.2) is 30.1 Å². The van der Waals surface area contributed by atoms with E-state index in [2.05, 4.69) is 5.32 Å². The zero-order valence-corrected chi connectivity index (χ0v) is 13.9. The first-order chi connectivity index (χ1) is 12.5. The summed E-state index contributed by atoms with van der Waals surface area (Å²) in [6.45, 7) is 0. The number of rotatable bonds is 6. The van der Waals surface area contributed by atoms with E-state index >= 15 is 0 Å². The zero-order valence-electron chi connectivity index (χ0n) is 13.9. The molecule has 0 saturated heterocycles. The van der Waals surface area contributed by atoms with Crippen molar-refractivity contribution in [3.63, 3.8) is 0 Å². The van der Waals surface area contributed by atoms with Gasteiger partial charge in [0.2, 0.25) is 0 Å². The molecule has 0 aliphatic carbocycles. The van der Waals surface area contributed by atoms with Crippen molar-refractivity contribution in [3.8, 4) is 5.75 Å². The molecule has 1 heterocycles. The summed E-state index contributed by atoms with van der Waals surface area (Å²) in [6, 6.07) is 10.9. The number of amides is 1. The van der Waals surface area contributed by atoms with Gasteiger partial charge in [-0.1, -0.05) is 12.1 Å². The number of furan rings is 1. The molecule has 0 radical (unpaired) electrons. The van der Waals surface area contributed by atoms with Crippen LogP contribution < -0.4 is 10.1 Å². The highest BCUT2D eigenvalue weighted by Gasteiger charge is 2.23. The number of fused-ring (bicyclic) bond motifs is 1. The molecule has 1 aromatic heterocycles. The highest BCUT2D eigenvalue weighted by atomic mass is 19.1. The summed E-state index contributed by atoms with van der Waals surface area (Å²) in [5.41, 5.74) is 1.08. The van der Waals surface area contributed by atoms with Gasteiger partial charge >= 0.3 is 5.97 Å². The van der Waals surface area contributed by atoms with Gasteiger partial charge in [-0.05, 0) is 42.0 Å². The van der Waals surface area contributed by atoms with E-state index < -0.39 is 23.7 Å². The molecule has 1 unspecified atom stereocenters. The third kappa shape index (κ3) is 3.83. The molecular weight excluding hydrogens is 341 g/mol. The van der Waals surface area contributed by atoms with E-state index in [1.807, 2.05) is 0 Å². The first kappa shape index (κ1) is 17.5. The normalized spacial score (nSPS) is 11.9. The summed E-state index contributed by atoms with van der Waals surface area (Å²) in [6.07, 6.45) is 0.0232. The third-order valence-corrected chi connectivity index (χ3v) is 3.90. The molecular formula is C19H16FNO5. The molecule has 7 heteroatoms. The summed E-state index contributed by atoms with van der Waals surface area (Å²) in [5, 5.41) is 12.5.